The highest BCUT2D eigenvalue weighted by Gasteiger charge is 2.28. The maximum Gasteiger partial charge on any atom is 0.169 e. The molecule has 0 radical (unpaired) electrons. The predicted octanol–water partition coefficient (Wildman–Crippen LogP) is 3.30. The van der Waals surface area contributed by atoms with Crippen molar-refractivity contribution >= 4 is 17.4 Å². The molecule has 0 bridgehead atoms. The van der Waals surface area contributed by atoms with Crippen LogP contribution in [0.1, 0.15) is 36.0 Å². The van der Waals surface area contributed by atoms with Crippen LogP contribution in [0.5, 0.6) is 5.75 Å². The SMILES string of the molecule is COc1ccc(Cl)cc1C(=O)C1CCC(CN)CC1. The number of rotatable bonds is 4. The fraction of sp³-hybridized carbons (Fsp3) is 0.533. The fourth-order valence-corrected chi connectivity index (χ4v) is 2.93. The van der Waals surface area contributed by atoms with Gasteiger partial charge in [-0.25, -0.2) is 0 Å². The van der Waals surface area contributed by atoms with Gasteiger partial charge in [0, 0.05) is 10.9 Å². The van der Waals surface area contributed by atoms with Gasteiger partial charge >= 0.3 is 0 Å². The van der Waals surface area contributed by atoms with Gasteiger partial charge in [-0.2, -0.15) is 0 Å². The number of benzene rings is 1. The molecule has 4 heteroatoms. The maximum absolute atomic E-state index is 12.6. The second-order valence-electron chi connectivity index (χ2n) is 5.16. The van der Waals surface area contributed by atoms with Crippen molar-refractivity contribution in [1.82, 2.24) is 0 Å². The van der Waals surface area contributed by atoms with E-state index in [0.717, 1.165) is 32.2 Å². The summed E-state index contributed by atoms with van der Waals surface area (Å²) < 4.78 is 5.26. The lowest BCUT2D eigenvalue weighted by Crippen LogP contribution is -2.26. The van der Waals surface area contributed by atoms with E-state index in [0.29, 0.717) is 22.3 Å². The zero-order valence-corrected chi connectivity index (χ0v) is 12.0. The Morgan fingerprint density at radius 2 is 2.05 bits per heavy atom. The van der Waals surface area contributed by atoms with E-state index in [-0.39, 0.29) is 11.7 Å². The summed E-state index contributed by atoms with van der Waals surface area (Å²) in [6.07, 6.45) is 3.90. The van der Waals surface area contributed by atoms with Crippen LogP contribution in [0.4, 0.5) is 0 Å². The third kappa shape index (κ3) is 3.28. The van der Waals surface area contributed by atoms with Crippen LogP contribution in [0.2, 0.25) is 5.02 Å². The van der Waals surface area contributed by atoms with Gasteiger partial charge in [-0.1, -0.05) is 11.6 Å². The number of ether oxygens (including phenoxy) is 1. The van der Waals surface area contributed by atoms with Crippen LogP contribution < -0.4 is 10.5 Å². The molecule has 2 rings (SSSR count). The summed E-state index contributed by atoms with van der Waals surface area (Å²) in [7, 11) is 1.57. The van der Waals surface area contributed by atoms with Gasteiger partial charge in [0.1, 0.15) is 5.75 Å². The molecule has 104 valence electrons. The Kier molecular flexibility index (Phi) is 4.83. The van der Waals surface area contributed by atoms with Crippen molar-refractivity contribution in [2.45, 2.75) is 25.7 Å². The molecule has 0 saturated heterocycles. The Morgan fingerprint density at radius 1 is 1.37 bits per heavy atom. The molecule has 2 N–H and O–H groups in total. The zero-order valence-electron chi connectivity index (χ0n) is 11.2. The molecule has 3 nitrogen and oxygen atoms in total. The molecule has 1 saturated carbocycles. The minimum absolute atomic E-state index is 0.0789. The fourth-order valence-electron chi connectivity index (χ4n) is 2.75. The van der Waals surface area contributed by atoms with E-state index in [1.807, 2.05) is 0 Å². The van der Waals surface area contributed by atoms with E-state index >= 15 is 0 Å². The molecule has 1 aliphatic carbocycles. The number of carbonyl (C=O) groups excluding carboxylic acids is 1. The van der Waals surface area contributed by atoms with Gasteiger partial charge < -0.3 is 10.5 Å². The van der Waals surface area contributed by atoms with E-state index < -0.39 is 0 Å². The molecule has 1 aromatic rings. The number of hydrogen-bond acceptors (Lipinski definition) is 3. The normalized spacial score (nSPS) is 23.1. The topological polar surface area (TPSA) is 52.3 Å². The Balaban J connectivity index is 2.14. The average molecular weight is 282 g/mol. The summed E-state index contributed by atoms with van der Waals surface area (Å²) in [5, 5.41) is 0.569. The third-order valence-electron chi connectivity index (χ3n) is 3.98. The number of methoxy groups -OCH3 is 1. The average Bonchev–Trinajstić information content (AvgIpc) is 2.46. The highest BCUT2D eigenvalue weighted by atomic mass is 35.5. The van der Waals surface area contributed by atoms with E-state index in [1.165, 1.54) is 0 Å². The third-order valence-corrected chi connectivity index (χ3v) is 4.21. The van der Waals surface area contributed by atoms with Gasteiger partial charge in [0.05, 0.1) is 12.7 Å². The lowest BCUT2D eigenvalue weighted by molar-refractivity contribution is 0.0870. The molecule has 19 heavy (non-hydrogen) atoms. The molecule has 0 atom stereocenters. The summed E-state index contributed by atoms with van der Waals surface area (Å²) in [6, 6.07) is 5.20. The van der Waals surface area contributed by atoms with Gasteiger partial charge in [-0.15, -0.1) is 0 Å². The number of halogens is 1. The van der Waals surface area contributed by atoms with E-state index in [4.69, 9.17) is 22.1 Å². The minimum atomic E-state index is 0.0789. The first-order chi connectivity index (χ1) is 9.15. The van der Waals surface area contributed by atoms with Gasteiger partial charge in [-0.3, -0.25) is 4.79 Å². The smallest absolute Gasteiger partial charge is 0.169 e. The van der Waals surface area contributed by atoms with Crippen molar-refractivity contribution in [2.24, 2.45) is 17.6 Å². The first-order valence-corrected chi connectivity index (χ1v) is 7.11. The Bertz CT molecular complexity index is 453. The zero-order chi connectivity index (χ0) is 13.8. The van der Waals surface area contributed by atoms with E-state index in [1.54, 1.807) is 25.3 Å². The molecular formula is C15H20ClNO2. The van der Waals surface area contributed by atoms with Crippen molar-refractivity contribution in [3.63, 3.8) is 0 Å². The lowest BCUT2D eigenvalue weighted by Gasteiger charge is -2.27. The Labute approximate surface area is 119 Å². The van der Waals surface area contributed by atoms with Crippen LogP contribution >= 0.6 is 11.6 Å². The summed E-state index contributed by atoms with van der Waals surface area (Å²) in [4.78, 5) is 12.6. The quantitative estimate of drug-likeness (QED) is 0.862. The van der Waals surface area contributed by atoms with Crippen LogP contribution in [-0.2, 0) is 0 Å². The summed E-state index contributed by atoms with van der Waals surface area (Å²) in [5.74, 6) is 1.41. The van der Waals surface area contributed by atoms with Crippen LogP contribution in [0.25, 0.3) is 0 Å². The lowest BCUT2D eigenvalue weighted by atomic mass is 9.78. The molecule has 0 spiro atoms. The molecule has 1 aliphatic rings. The molecule has 1 aromatic carbocycles. The second kappa shape index (κ2) is 6.40. The van der Waals surface area contributed by atoms with Crippen molar-refractivity contribution in [3.8, 4) is 5.75 Å². The largest absolute Gasteiger partial charge is 0.496 e. The highest BCUT2D eigenvalue weighted by molar-refractivity contribution is 6.31. The number of Topliss-reactive ketones (excluding diaryl/α,β-unsaturated/α-hetero) is 1. The summed E-state index contributed by atoms with van der Waals surface area (Å²) in [5.41, 5.74) is 6.28. The number of ketones is 1. The minimum Gasteiger partial charge on any atom is -0.496 e. The van der Waals surface area contributed by atoms with E-state index in [9.17, 15) is 4.79 Å². The maximum atomic E-state index is 12.6. The summed E-state index contributed by atoms with van der Waals surface area (Å²) in [6.45, 7) is 0.724. The standard InChI is InChI=1S/C15H20ClNO2/c1-19-14-7-6-12(16)8-13(14)15(18)11-4-2-10(9-17)3-5-11/h6-8,10-11H,2-5,9,17H2,1H3. The Morgan fingerprint density at radius 3 is 2.63 bits per heavy atom. The van der Waals surface area contributed by atoms with Crippen molar-refractivity contribution in [2.75, 3.05) is 13.7 Å². The second-order valence-corrected chi connectivity index (χ2v) is 5.60. The predicted molar refractivity (Wildman–Crippen MR) is 76.8 cm³/mol. The van der Waals surface area contributed by atoms with Crippen molar-refractivity contribution < 1.29 is 9.53 Å². The van der Waals surface area contributed by atoms with Gasteiger partial charge in [0.25, 0.3) is 0 Å². The van der Waals surface area contributed by atoms with Gasteiger partial charge in [-0.05, 0) is 56.3 Å². The molecule has 0 aliphatic heterocycles. The number of nitrogens with two attached hydrogens (primary N) is 1. The first-order valence-electron chi connectivity index (χ1n) is 6.73. The highest BCUT2D eigenvalue weighted by Crippen LogP contribution is 2.33. The molecule has 0 unspecified atom stereocenters. The molecular weight excluding hydrogens is 262 g/mol. The van der Waals surface area contributed by atoms with E-state index in [2.05, 4.69) is 0 Å². The van der Waals surface area contributed by atoms with Crippen LogP contribution in [0.3, 0.4) is 0 Å². The van der Waals surface area contributed by atoms with Gasteiger partial charge in [0.2, 0.25) is 0 Å². The molecule has 1 fully saturated rings. The van der Waals surface area contributed by atoms with Crippen LogP contribution in [-0.4, -0.2) is 19.4 Å². The summed E-state index contributed by atoms with van der Waals surface area (Å²) >= 11 is 5.98. The van der Waals surface area contributed by atoms with Crippen LogP contribution in [0.15, 0.2) is 18.2 Å². The molecule has 0 aromatic heterocycles. The molecule has 0 heterocycles. The first kappa shape index (κ1) is 14.4. The number of carbonyl (C=O) groups is 1. The van der Waals surface area contributed by atoms with Crippen molar-refractivity contribution in [1.29, 1.82) is 0 Å². The van der Waals surface area contributed by atoms with Crippen molar-refractivity contribution in [3.05, 3.63) is 28.8 Å². The molecule has 0 amide bonds. The van der Waals surface area contributed by atoms with Gasteiger partial charge in [0.15, 0.2) is 5.78 Å². The monoisotopic (exact) mass is 281 g/mol. The number of hydrogen-bond donors (Lipinski definition) is 1. The van der Waals surface area contributed by atoms with Crippen LogP contribution in [0, 0.1) is 11.8 Å². The Hall–Kier alpha value is -1.06.